The van der Waals surface area contributed by atoms with Gasteiger partial charge in [-0.25, -0.2) is 0 Å². The fourth-order valence-corrected chi connectivity index (χ4v) is 2.30. The lowest BCUT2D eigenvalue weighted by molar-refractivity contribution is 0.533. The zero-order valence-corrected chi connectivity index (χ0v) is 13.2. The fourth-order valence-electron chi connectivity index (χ4n) is 1.69. The molecule has 100 valence electrons. The van der Waals surface area contributed by atoms with Crippen LogP contribution in [0.4, 0.5) is 5.82 Å². The van der Waals surface area contributed by atoms with Crippen LogP contribution in [0.1, 0.15) is 5.76 Å². The molecule has 0 spiro atoms. The van der Waals surface area contributed by atoms with Gasteiger partial charge >= 0.3 is 0 Å². The van der Waals surface area contributed by atoms with Crippen molar-refractivity contribution in [3.05, 3.63) is 51.4 Å². The predicted octanol–water partition coefficient (Wildman–Crippen LogP) is 4.19. The summed E-state index contributed by atoms with van der Waals surface area (Å²) in [5.41, 5.74) is 2.87. The molecular weight excluding hydrogens is 388 g/mol. The van der Waals surface area contributed by atoms with Crippen molar-refractivity contribution in [2.45, 2.75) is 0 Å². The first-order valence-corrected chi connectivity index (χ1v) is 7.27. The highest BCUT2D eigenvalue weighted by atomic mass is 79.9. The van der Waals surface area contributed by atoms with Crippen molar-refractivity contribution < 1.29 is 4.42 Å². The fraction of sp³-hybridized carbons (Fsp3) is 0. The van der Waals surface area contributed by atoms with Crippen LogP contribution in [0.5, 0.6) is 0 Å². The van der Waals surface area contributed by atoms with Crippen LogP contribution < -0.4 is 5.43 Å². The lowest BCUT2D eigenvalue weighted by Gasteiger charge is -2.02. The second-order valence-corrected chi connectivity index (χ2v) is 5.50. The number of anilines is 1. The Morgan fingerprint density at radius 2 is 2.10 bits per heavy atom. The number of hydrazone groups is 1. The molecule has 3 aromatic rings. The second-order valence-electron chi connectivity index (χ2n) is 3.92. The number of nitrogens with zero attached hydrogens (tertiary/aromatic N) is 3. The molecule has 0 aliphatic rings. The molecule has 0 aliphatic heterocycles. The minimum absolute atomic E-state index is 0.601. The summed E-state index contributed by atoms with van der Waals surface area (Å²) in [4.78, 5) is 0. The molecule has 7 heteroatoms. The highest BCUT2D eigenvalue weighted by Gasteiger charge is 2.04. The molecule has 0 saturated carbocycles. The summed E-state index contributed by atoms with van der Waals surface area (Å²) in [7, 11) is 0. The summed E-state index contributed by atoms with van der Waals surface area (Å²) in [5, 5.41) is 14.0. The molecule has 20 heavy (non-hydrogen) atoms. The Kier molecular flexibility index (Phi) is 3.79. The van der Waals surface area contributed by atoms with Gasteiger partial charge in [0.2, 0.25) is 0 Å². The zero-order valence-electron chi connectivity index (χ0n) is 10.0. The van der Waals surface area contributed by atoms with Crippen molar-refractivity contribution in [3.63, 3.8) is 0 Å². The minimum Gasteiger partial charge on any atom is -0.447 e. The van der Waals surface area contributed by atoms with Gasteiger partial charge in [0, 0.05) is 16.8 Å². The molecule has 0 saturated heterocycles. The highest BCUT2D eigenvalue weighted by Crippen LogP contribution is 2.26. The van der Waals surface area contributed by atoms with Gasteiger partial charge in [0.1, 0.15) is 5.76 Å². The van der Waals surface area contributed by atoms with Crippen LogP contribution in [-0.2, 0) is 0 Å². The van der Waals surface area contributed by atoms with Gasteiger partial charge in [-0.15, -0.1) is 5.10 Å². The summed E-state index contributed by atoms with van der Waals surface area (Å²) in [6, 6.07) is 9.64. The summed E-state index contributed by atoms with van der Waals surface area (Å²) in [5.74, 6) is 1.22. The Balaban J connectivity index is 1.83. The third-order valence-corrected chi connectivity index (χ3v) is 4.31. The Hall–Kier alpha value is -1.73. The number of furan rings is 1. The van der Waals surface area contributed by atoms with E-state index < -0.39 is 0 Å². The van der Waals surface area contributed by atoms with Crippen molar-refractivity contribution in [3.8, 4) is 0 Å². The molecule has 0 amide bonds. The summed E-state index contributed by atoms with van der Waals surface area (Å²) in [6.45, 7) is 0. The lowest BCUT2D eigenvalue weighted by atomic mass is 10.2. The van der Waals surface area contributed by atoms with Gasteiger partial charge in [-0.3, -0.25) is 5.43 Å². The first kappa shape index (κ1) is 13.3. The predicted molar refractivity (Wildman–Crippen MR) is 84.9 cm³/mol. The smallest absolute Gasteiger partial charge is 0.184 e. The van der Waals surface area contributed by atoms with E-state index in [4.69, 9.17) is 4.42 Å². The molecule has 2 aromatic heterocycles. The third kappa shape index (κ3) is 2.73. The van der Waals surface area contributed by atoms with Crippen molar-refractivity contribution in [1.82, 2.24) is 10.2 Å². The highest BCUT2D eigenvalue weighted by molar-refractivity contribution is 9.13. The van der Waals surface area contributed by atoms with Gasteiger partial charge in [0.25, 0.3) is 0 Å². The number of aromatic nitrogens is 2. The second kappa shape index (κ2) is 5.72. The van der Waals surface area contributed by atoms with E-state index in [1.54, 1.807) is 12.4 Å². The zero-order chi connectivity index (χ0) is 13.9. The molecule has 1 aromatic carbocycles. The quantitative estimate of drug-likeness (QED) is 0.533. The number of halogens is 2. The van der Waals surface area contributed by atoms with Gasteiger partial charge in [-0.2, -0.15) is 10.2 Å². The van der Waals surface area contributed by atoms with Gasteiger partial charge in [0.05, 0.1) is 16.9 Å². The number of rotatable bonds is 3. The van der Waals surface area contributed by atoms with Crippen molar-refractivity contribution in [1.29, 1.82) is 0 Å². The SMILES string of the molecule is Brc1cc(C=NNc2nncc3ccccc23)oc1Br. The molecular formula is C13H8Br2N4O. The molecule has 5 nitrogen and oxygen atoms in total. The average Bonchev–Trinajstić information content (AvgIpc) is 2.78. The van der Waals surface area contributed by atoms with Gasteiger partial charge < -0.3 is 4.42 Å². The van der Waals surface area contributed by atoms with Crippen LogP contribution in [0.3, 0.4) is 0 Å². The maximum atomic E-state index is 5.38. The Labute approximate surface area is 131 Å². The largest absolute Gasteiger partial charge is 0.447 e. The number of nitrogens with one attached hydrogen (secondary N) is 1. The average molecular weight is 396 g/mol. The van der Waals surface area contributed by atoms with Crippen LogP contribution in [0.2, 0.25) is 0 Å². The Bertz CT molecular complexity index is 760. The molecule has 0 bridgehead atoms. The van der Waals surface area contributed by atoms with Crippen LogP contribution in [0, 0.1) is 0 Å². The van der Waals surface area contributed by atoms with Crippen LogP contribution >= 0.6 is 31.9 Å². The standard InChI is InChI=1S/C13H8Br2N4O/c14-11-5-9(20-12(11)15)7-17-19-13-10-4-2-1-3-8(10)6-16-18-13/h1-7H,(H,18,19). The number of hydrogen-bond acceptors (Lipinski definition) is 5. The molecule has 1 N–H and O–H groups in total. The first-order valence-electron chi connectivity index (χ1n) is 5.68. The summed E-state index contributed by atoms with van der Waals surface area (Å²) < 4.78 is 6.85. The maximum Gasteiger partial charge on any atom is 0.184 e. The van der Waals surface area contributed by atoms with Crippen molar-refractivity contribution in [2.75, 3.05) is 5.43 Å². The van der Waals surface area contributed by atoms with E-state index in [0.717, 1.165) is 15.2 Å². The maximum absolute atomic E-state index is 5.38. The first-order chi connectivity index (χ1) is 9.74. The van der Waals surface area contributed by atoms with E-state index >= 15 is 0 Å². The van der Waals surface area contributed by atoms with Crippen LogP contribution in [0.15, 0.2) is 55.2 Å². The summed E-state index contributed by atoms with van der Waals surface area (Å²) in [6.07, 6.45) is 3.28. The molecule has 0 radical (unpaired) electrons. The van der Waals surface area contributed by atoms with Gasteiger partial charge in [-0.05, 0) is 31.9 Å². The van der Waals surface area contributed by atoms with E-state index in [-0.39, 0.29) is 0 Å². The van der Waals surface area contributed by atoms with Gasteiger partial charge in [-0.1, -0.05) is 24.3 Å². The van der Waals surface area contributed by atoms with Crippen molar-refractivity contribution >= 4 is 54.7 Å². The van der Waals surface area contributed by atoms with E-state index in [9.17, 15) is 0 Å². The Morgan fingerprint density at radius 3 is 2.90 bits per heavy atom. The number of hydrogen-bond donors (Lipinski definition) is 1. The summed E-state index contributed by atoms with van der Waals surface area (Å²) >= 11 is 6.61. The van der Waals surface area contributed by atoms with Crippen LogP contribution in [0.25, 0.3) is 10.8 Å². The topological polar surface area (TPSA) is 63.3 Å². The van der Waals surface area contributed by atoms with Crippen LogP contribution in [-0.4, -0.2) is 16.4 Å². The van der Waals surface area contributed by atoms with Gasteiger partial charge in [0.15, 0.2) is 10.5 Å². The van der Waals surface area contributed by atoms with E-state index in [0.29, 0.717) is 16.2 Å². The Morgan fingerprint density at radius 1 is 1.25 bits per heavy atom. The molecule has 0 unspecified atom stereocenters. The molecule has 2 heterocycles. The molecule has 0 aliphatic carbocycles. The molecule has 3 rings (SSSR count). The molecule has 0 atom stereocenters. The van der Waals surface area contributed by atoms with E-state index in [1.807, 2.05) is 30.3 Å². The lowest BCUT2D eigenvalue weighted by Crippen LogP contribution is -1.96. The minimum atomic E-state index is 0.601. The number of fused-ring (bicyclic) bond motifs is 1. The monoisotopic (exact) mass is 394 g/mol. The third-order valence-electron chi connectivity index (χ3n) is 2.60. The van der Waals surface area contributed by atoms with Crippen molar-refractivity contribution in [2.24, 2.45) is 5.10 Å². The number of benzene rings is 1. The molecule has 0 fully saturated rings. The van der Waals surface area contributed by atoms with E-state index in [1.165, 1.54) is 0 Å². The normalized spacial score (nSPS) is 11.3. The van der Waals surface area contributed by atoms with E-state index in [2.05, 4.69) is 52.6 Å².